The summed E-state index contributed by atoms with van der Waals surface area (Å²) in [5.74, 6) is -0.663. The number of nitrogens with zero attached hydrogens (tertiary/aromatic N) is 2. The number of hydrogen-bond acceptors (Lipinski definition) is 5. The number of likely N-dealkylation sites (tertiary alicyclic amines) is 1. The van der Waals surface area contributed by atoms with Crippen LogP contribution in [0, 0.1) is 21.8 Å². The van der Waals surface area contributed by atoms with Crippen LogP contribution in [0.1, 0.15) is 18.4 Å². The van der Waals surface area contributed by atoms with Gasteiger partial charge in [-0.1, -0.05) is 6.07 Å². The van der Waals surface area contributed by atoms with Crippen LogP contribution in [0.2, 0.25) is 0 Å². The van der Waals surface area contributed by atoms with E-state index >= 15 is 0 Å². The third-order valence-electron chi connectivity index (χ3n) is 3.85. The zero-order valence-electron chi connectivity index (χ0n) is 11.9. The van der Waals surface area contributed by atoms with Crippen molar-refractivity contribution >= 4 is 15.7 Å². The molecule has 0 saturated carbocycles. The Labute approximate surface area is 128 Å². The Balaban J connectivity index is 2.01. The second-order valence-electron chi connectivity index (χ2n) is 5.54. The number of primary sulfonamides is 1. The van der Waals surface area contributed by atoms with Crippen molar-refractivity contribution in [3.05, 3.63) is 39.7 Å². The molecule has 1 aliphatic heterocycles. The minimum atomic E-state index is -3.49. The van der Waals surface area contributed by atoms with Crippen molar-refractivity contribution in [1.29, 1.82) is 0 Å². The predicted molar refractivity (Wildman–Crippen MR) is 79.0 cm³/mol. The molecular formula is C13H18FN3O4S. The van der Waals surface area contributed by atoms with Gasteiger partial charge in [-0.15, -0.1) is 0 Å². The molecule has 0 amide bonds. The topological polar surface area (TPSA) is 107 Å². The van der Waals surface area contributed by atoms with E-state index in [0.29, 0.717) is 25.9 Å². The number of benzene rings is 1. The Morgan fingerprint density at radius 2 is 2.00 bits per heavy atom. The van der Waals surface area contributed by atoms with Crippen molar-refractivity contribution in [2.75, 3.05) is 18.8 Å². The van der Waals surface area contributed by atoms with Crippen molar-refractivity contribution in [3.63, 3.8) is 0 Å². The fourth-order valence-electron chi connectivity index (χ4n) is 2.74. The Morgan fingerprint density at radius 1 is 1.36 bits per heavy atom. The molecule has 1 aromatic carbocycles. The molecule has 0 aromatic heterocycles. The van der Waals surface area contributed by atoms with Gasteiger partial charge in [0, 0.05) is 12.6 Å². The first-order valence-corrected chi connectivity index (χ1v) is 8.62. The Kier molecular flexibility index (Phi) is 5.09. The lowest BCUT2D eigenvalue weighted by molar-refractivity contribution is -0.386. The van der Waals surface area contributed by atoms with E-state index in [1.54, 1.807) is 0 Å². The minimum Gasteiger partial charge on any atom is -0.299 e. The van der Waals surface area contributed by atoms with Gasteiger partial charge in [-0.05, 0) is 37.9 Å². The van der Waals surface area contributed by atoms with E-state index in [0.717, 1.165) is 0 Å². The SMILES string of the molecule is NS(=O)(=O)CC1CCN(Cc2c(F)cccc2[N+](=O)[O-])CC1. The number of nitro groups is 1. The zero-order valence-corrected chi connectivity index (χ0v) is 12.8. The van der Waals surface area contributed by atoms with E-state index in [1.165, 1.54) is 18.2 Å². The summed E-state index contributed by atoms with van der Waals surface area (Å²) in [5.41, 5.74) is -0.163. The van der Waals surface area contributed by atoms with E-state index in [4.69, 9.17) is 5.14 Å². The van der Waals surface area contributed by atoms with Gasteiger partial charge in [0.15, 0.2) is 0 Å². The standard InChI is InChI=1S/C13H18FN3O4S/c14-12-2-1-3-13(17(18)19)11(12)8-16-6-4-10(5-7-16)9-22(15,20)21/h1-3,10H,4-9H2,(H2,15,20,21). The molecular weight excluding hydrogens is 313 g/mol. The average Bonchev–Trinajstić information content (AvgIpc) is 2.41. The van der Waals surface area contributed by atoms with Crippen molar-refractivity contribution in [2.24, 2.45) is 11.1 Å². The van der Waals surface area contributed by atoms with Crippen LogP contribution in [-0.2, 0) is 16.6 Å². The highest BCUT2D eigenvalue weighted by molar-refractivity contribution is 7.89. The van der Waals surface area contributed by atoms with E-state index in [9.17, 15) is 22.9 Å². The van der Waals surface area contributed by atoms with Crippen molar-refractivity contribution < 1.29 is 17.7 Å². The monoisotopic (exact) mass is 331 g/mol. The third-order valence-corrected chi connectivity index (χ3v) is 4.78. The van der Waals surface area contributed by atoms with Gasteiger partial charge in [-0.25, -0.2) is 17.9 Å². The van der Waals surface area contributed by atoms with Crippen LogP contribution in [-0.4, -0.2) is 37.1 Å². The largest absolute Gasteiger partial charge is 0.299 e. The molecule has 22 heavy (non-hydrogen) atoms. The van der Waals surface area contributed by atoms with Crippen molar-refractivity contribution in [2.45, 2.75) is 19.4 Å². The van der Waals surface area contributed by atoms with Gasteiger partial charge in [0.1, 0.15) is 5.82 Å². The number of sulfonamides is 1. The highest BCUT2D eigenvalue weighted by atomic mass is 32.2. The molecule has 9 heteroatoms. The first kappa shape index (κ1) is 16.8. The van der Waals surface area contributed by atoms with Crippen molar-refractivity contribution in [3.8, 4) is 0 Å². The summed E-state index contributed by atoms with van der Waals surface area (Å²) in [6.07, 6.45) is 1.25. The lowest BCUT2D eigenvalue weighted by atomic mass is 9.98. The van der Waals surface area contributed by atoms with Gasteiger partial charge in [-0.3, -0.25) is 15.0 Å². The summed E-state index contributed by atoms with van der Waals surface area (Å²) in [5, 5.41) is 16.0. The average molecular weight is 331 g/mol. The summed E-state index contributed by atoms with van der Waals surface area (Å²) in [6, 6.07) is 3.80. The number of nitrogens with two attached hydrogens (primary N) is 1. The Morgan fingerprint density at radius 3 is 2.55 bits per heavy atom. The second-order valence-corrected chi connectivity index (χ2v) is 7.20. The lowest BCUT2D eigenvalue weighted by Crippen LogP contribution is -2.36. The van der Waals surface area contributed by atoms with Gasteiger partial charge in [-0.2, -0.15) is 0 Å². The van der Waals surface area contributed by atoms with Gasteiger partial charge in [0.25, 0.3) is 5.69 Å². The molecule has 0 radical (unpaired) electrons. The van der Waals surface area contributed by atoms with E-state index < -0.39 is 20.8 Å². The molecule has 2 rings (SSSR count). The smallest absolute Gasteiger partial charge is 0.276 e. The molecule has 0 atom stereocenters. The predicted octanol–water partition coefficient (Wildman–Crippen LogP) is 1.23. The summed E-state index contributed by atoms with van der Waals surface area (Å²) in [4.78, 5) is 12.3. The van der Waals surface area contributed by atoms with Crippen LogP contribution in [0.5, 0.6) is 0 Å². The van der Waals surface area contributed by atoms with Crippen molar-refractivity contribution in [1.82, 2.24) is 4.90 Å². The van der Waals surface area contributed by atoms with Crippen LogP contribution in [0.3, 0.4) is 0 Å². The maximum absolute atomic E-state index is 13.8. The second kappa shape index (κ2) is 6.67. The first-order chi connectivity index (χ1) is 10.3. The quantitative estimate of drug-likeness (QED) is 0.645. The molecule has 0 unspecified atom stereocenters. The molecule has 0 bridgehead atoms. The minimum absolute atomic E-state index is 0.0122. The molecule has 1 saturated heterocycles. The molecule has 7 nitrogen and oxygen atoms in total. The van der Waals surface area contributed by atoms with Gasteiger partial charge >= 0.3 is 0 Å². The molecule has 1 heterocycles. The number of rotatable bonds is 5. The highest BCUT2D eigenvalue weighted by Gasteiger charge is 2.25. The van der Waals surface area contributed by atoms with Crippen LogP contribution >= 0.6 is 0 Å². The summed E-state index contributed by atoms with van der Waals surface area (Å²) >= 11 is 0. The fourth-order valence-corrected chi connectivity index (χ4v) is 3.73. The molecule has 1 fully saturated rings. The fraction of sp³-hybridized carbons (Fsp3) is 0.538. The lowest BCUT2D eigenvalue weighted by Gasteiger charge is -2.31. The normalized spacial score (nSPS) is 17.5. The maximum atomic E-state index is 13.8. The third kappa shape index (κ3) is 4.46. The molecule has 1 aromatic rings. The molecule has 1 aliphatic rings. The number of nitro benzene ring substituents is 1. The molecule has 2 N–H and O–H groups in total. The Hall–Kier alpha value is -1.58. The summed E-state index contributed by atoms with van der Waals surface area (Å²) in [7, 11) is -3.49. The highest BCUT2D eigenvalue weighted by Crippen LogP contribution is 2.26. The van der Waals surface area contributed by atoms with Crippen LogP contribution in [0.25, 0.3) is 0 Å². The van der Waals surface area contributed by atoms with Gasteiger partial charge in [0.2, 0.25) is 10.0 Å². The van der Waals surface area contributed by atoms with Crippen LogP contribution in [0.15, 0.2) is 18.2 Å². The molecule has 0 spiro atoms. The van der Waals surface area contributed by atoms with E-state index in [-0.39, 0.29) is 29.5 Å². The number of piperidine rings is 1. The number of hydrogen-bond donors (Lipinski definition) is 1. The van der Waals surface area contributed by atoms with E-state index in [2.05, 4.69) is 0 Å². The molecule has 0 aliphatic carbocycles. The summed E-state index contributed by atoms with van der Waals surface area (Å²) in [6.45, 7) is 1.27. The Bertz CT molecular complexity index is 657. The first-order valence-electron chi connectivity index (χ1n) is 6.91. The van der Waals surface area contributed by atoms with E-state index in [1.807, 2.05) is 4.90 Å². The van der Waals surface area contributed by atoms with Gasteiger partial charge in [0.05, 0.1) is 16.2 Å². The number of halogens is 1. The van der Waals surface area contributed by atoms with Crippen LogP contribution < -0.4 is 5.14 Å². The molecule has 122 valence electrons. The zero-order chi connectivity index (χ0) is 16.3. The van der Waals surface area contributed by atoms with Gasteiger partial charge < -0.3 is 0 Å². The summed E-state index contributed by atoms with van der Waals surface area (Å²) < 4.78 is 36.0. The van der Waals surface area contributed by atoms with Crippen LogP contribution in [0.4, 0.5) is 10.1 Å². The maximum Gasteiger partial charge on any atom is 0.276 e.